The molecule has 0 saturated heterocycles. The fourth-order valence-electron chi connectivity index (χ4n) is 2.88. The second kappa shape index (κ2) is 8.67. The topological polar surface area (TPSA) is 69.4 Å². The number of amides is 1. The first-order valence-corrected chi connectivity index (χ1v) is 9.06. The lowest BCUT2D eigenvalue weighted by molar-refractivity contribution is -0.131. The van der Waals surface area contributed by atoms with Gasteiger partial charge in [0.15, 0.2) is 5.82 Å². The Labute approximate surface area is 163 Å². The summed E-state index contributed by atoms with van der Waals surface area (Å²) in [5.41, 5.74) is 2.12. The van der Waals surface area contributed by atoms with Crippen LogP contribution in [0.3, 0.4) is 0 Å². The molecule has 0 aliphatic carbocycles. The minimum atomic E-state index is -0.349. The van der Waals surface area contributed by atoms with Gasteiger partial charge in [-0.2, -0.15) is 4.68 Å². The van der Waals surface area contributed by atoms with Crippen molar-refractivity contribution < 1.29 is 9.53 Å². The van der Waals surface area contributed by atoms with Crippen LogP contribution in [0.25, 0.3) is 17.1 Å². The second-order valence-electron chi connectivity index (χ2n) is 6.62. The summed E-state index contributed by atoms with van der Waals surface area (Å²) >= 11 is 0. The largest absolute Gasteiger partial charge is 0.383 e. The van der Waals surface area contributed by atoms with Crippen molar-refractivity contribution in [2.45, 2.75) is 13.5 Å². The number of benzene rings is 2. The van der Waals surface area contributed by atoms with Crippen molar-refractivity contribution >= 4 is 5.91 Å². The van der Waals surface area contributed by atoms with Gasteiger partial charge >= 0.3 is 5.69 Å². The van der Waals surface area contributed by atoms with E-state index < -0.39 is 0 Å². The monoisotopic (exact) mass is 380 g/mol. The molecule has 0 aliphatic heterocycles. The van der Waals surface area contributed by atoms with E-state index in [0.717, 1.165) is 11.1 Å². The molecule has 1 heterocycles. The molecule has 1 aromatic heterocycles. The summed E-state index contributed by atoms with van der Waals surface area (Å²) in [5.74, 6) is 0.278. The molecule has 0 unspecified atom stereocenters. The first kappa shape index (κ1) is 19.6. The molecule has 0 atom stereocenters. The molecule has 0 bridgehead atoms. The van der Waals surface area contributed by atoms with Crippen LogP contribution in [-0.2, 0) is 16.1 Å². The predicted octanol–water partition coefficient (Wildman–Crippen LogP) is 2.11. The molecule has 0 N–H and O–H groups in total. The normalized spacial score (nSPS) is 10.8. The number of carbonyl (C=O) groups is 1. The zero-order valence-electron chi connectivity index (χ0n) is 16.3. The fourth-order valence-corrected chi connectivity index (χ4v) is 2.88. The van der Waals surface area contributed by atoms with Crippen LogP contribution < -0.4 is 5.69 Å². The summed E-state index contributed by atoms with van der Waals surface area (Å²) in [7, 11) is 3.28. The molecule has 146 valence electrons. The molecule has 7 nitrogen and oxygen atoms in total. The van der Waals surface area contributed by atoms with E-state index >= 15 is 0 Å². The summed E-state index contributed by atoms with van der Waals surface area (Å²) in [5, 5.41) is 4.54. The number of hydrogen-bond donors (Lipinski definition) is 0. The second-order valence-corrected chi connectivity index (χ2v) is 6.62. The van der Waals surface area contributed by atoms with E-state index in [1.807, 2.05) is 61.5 Å². The van der Waals surface area contributed by atoms with Gasteiger partial charge in [-0.15, -0.1) is 5.10 Å². The number of likely N-dealkylation sites (N-methyl/N-ethyl adjacent to an activating group) is 1. The Morgan fingerprint density at radius 2 is 1.89 bits per heavy atom. The van der Waals surface area contributed by atoms with E-state index in [0.29, 0.717) is 24.7 Å². The van der Waals surface area contributed by atoms with Crippen molar-refractivity contribution in [3.8, 4) is 17.1 Å². The van der Waals surface area contributed by atoms with Gasteiger partial charge in [-0.25, -0.2) is 4.79 Å². The SMILES string of the molecule is COCCN(C)C(=O)Cn1c(-c2ccccc2)nn(-c2cccc(C)c2)c1=O. The molecule has 0 fully saturated rings. The summed E-state index contributed by atoms with van der Waals surface area (Å²) < 4.78 is 7.79. The van der Waals surface area contributed by atoms with Crippen molar-refractivity contribution in [1.82, 2.24) is 19.2 Å². The number of carbonyl (C=O) groups excluding carboxylic acids is 1. The molecule has 0 aliphatic rings. The summed E-state index contributed by atoms with van der Waals surface area (Å²) in [6, 6.07) is 16.9. The van der Waals surface area contributed by atoms with Crippen LogP contribution >= 0.6 is 0 Å². The molecule has 28 heavy (non-hydrogen) atoms. The maximum Gasteiger partial charge on any atom is 0.351 e. The lowest BCUT2D eigenvalue weighted by Crippen LogP contribution is -2.36. The maximum absolute atomic E-state index is 13.1. The molecule has 0 radical (unpaired) electrons. The van der Waals surface area contributed by atoms with Gasteiger partial charge in [0.2, 0.25) is 5.91 Å². The standard InChI is InChI=1S/C21H24N4O3/c1-16-8-7-11-18(14-16)25-21(27)24(15-19(26)23(2)12-13-28-3)20(22-25)17-9-5-4-6-10-17/h4-11,14H,12-13,15H2,1-3H3. The first-order valence-electron chi connectivity index (χ1n) is 9.06. The Morgan fingerprint density at radius 1 is 1.14 bits per heavy atom. The van der Waals surface area contributed by atoms with Crippen molar-refractivity contribution in [3.63, 3.8) is 0 Å². The smallest absolute Gasteiger partial charge is 0.351 e. The Morgan fingerprint density at radius 3 is 2.57 bits per heavy atom. The third kappa shape index (κ3) is 4.20. The lowest BCUT2D eigenvalue weighted by Gasteiger charge is -2.17. The molecule has 0 spiro atoms. The molecule has 0 saturated carbocycles. The molecular weight excluding hydrogens is 356 g/mol. The van der Waals surface area contributed by atoms with Crippen LogP contribution in [-0.4, -0.2) is 52.5 Å². The molecular formula is C21H24N4O3. The van der Waals surface area contributed by atoms with E-state index in [2.05, 4.69) is 5.10 Å². The van der Waals surface area contributed by atoms with Gasteiger partial charge < -0.3 is 9.64 Å². The number of rotatable bonds is 7. The average Bonchev–Trinajstić information content (AvgIpc) is 3.03. The number of ether oxygens (including phenoxy) is 1. The minimum absolute atomic E-state index is 0.0882. The van der Waals surface area contributed by atoms with Gasteiger partial charge in [-0.05, 0) is 24.6 Å². The molecule has 2 aromatic carbocycles. The van der Waals surface area contributed by atoms with Crippen LogP contribution in [0.1, 0.15) is 5.56 Å². The van der Waals surface area contributed by atoms with Crippen molar-refractivity contribution in [1.29, 1.82) is 0 Å². The molecule has 3 aromatic rings. The van der Waals surface area contributed by atoms with E-state index in [1.165, 1.54) is 9.25 Å². The zero-order valence-corrected chi connectivity index (χ0v) is 16.3. The van der Waals surface area contributed by atoms with Crippen molar-refractivity contribution in [2.24, 2.45) is 0 Å². The number of aromatic nitrogens is 3. The Balaban J connectivity index is 2.04. The fraction of sp³-hybridized carbons (Fsp3) is 0.286. The van der Waals surface area contributed by atoms with Gasteiger partial charge in [-0.3, -0.25) is 9.36 Å². The van der Waals surface area contributed by atoms with Gasteiger partial charge in [0.05, 0.1) is 12.3 Å². The van der Waals surface area contributed by atoms with Crippen LogP contribution in [0.4, 0.5) is 0 Å². The molecule has 1 amide bonds. The summed E-state index contributed by atoms with van der Waals surface area (Å²) in [4.78, 5) is 27.3. The van der Waals surface area contributed by atoms with Crippen molar-refractivity contribution in [2.75, 3.05) is 27.3 Å². The summed E-state index contributed by atoms with van der Waals surface area (Å²) in [6.45, 7) is 2.76. The number of methoxy groups -OCH3 is 1. The van der Waals surface area contributed by atoms with Crippen LogP contribution in [0, 0.1) is 6.92 Å². The van der Waals surface area contributed by atoms with Gasteiger partial charge in [0.25, 0.3) is 0 Å². The third-order valence-electron chi connectivity index (χ3n) is 4.49. The van der Waals surface area contributed by atoms with Gasteiger partial charge in [0, 0.05) is 26.3 Å². The minimum Gasteiger partial charge on any atom is -0.383 e. The van der Waals surface area contributed by atoms with Gasteiger partial charge in [0.1, 0.15) is 6.54 Å². The highest BCUT2D eigenvalue weighted by molar-refractivity contribution is 5.76. The number of aryl methyl sites for hydroxylation is 1. The van der Waals surface area contributed by atoms with Crippen LogP contribution in [0.15, 0.2) is 59.4 Å². The average molecular weight is 380 g/mol. The maximum atomic E-state index is 13.1. The Kier molecular flexibility index (Phi) is 6.06. The van der Waals surface area contributed by atoms with Crippen molar-refractivity contribution in [3.05, 3.63) is 70.6 Å². The highest BCUT2D eigenvalue weighted by Crippen LogP contribution is 2.17. The summed E-state index contributed by atoms with van der Waals surface area (Å²) in [6.07, 6.45) is 0. The van der Waals surface area contributed by atoms with Crippen LogP contribution in [0.5, 0.6) is 0 Å². The van der Waals surface area contributed by atoms with Gasteiger partial charge in [-0.1, -0.05) is 42.5 Å². The Bertz CT molecular complexity index is 1010. The van der Waals surface area contributed by atoms with E-state index in [1.54, 1.807) is 19.1 Å². The lowest BCUT2D eigenvalue weighted by atomic mass is 10.2. The first-order chi connectivity index (χ1) is 13.5. The molecule has 7 heteroatoms. The van der Waals surface area contributed by atoms with E-state index in [-0.39, 0.29) is 18.1 Å². The Hall–Kier alpha value is -3.19. The highest BCUT2D eigenvalue weighted by Gasteiger charge is 2.20. The van der Waals surface area contributed by atoms with Crippen LogP contribution in [0.2, 0.25) is 0 Å². The third-order valence-corrected chi connectivity index (χ3v) is 4.49. The quantitative estimate of drug-likeness (QED) is 0.630. The highest BCUT2D eigenvalue weighted by atomic mass is 16.5. The van der Waals surface area contributed by atoms with E-state index in [9.17, 15) is 9.59 Å². The number of hydrogen-bond acceptors (Lipinski definition) is 4. The predicted molar refractivity (Wildman–Crippen MR) is 108 cm³/mol. The zero-order chi connectivity index (χ0) is 20.1. The van der Waals surface area contributed by atoms with E-state index in [4.69, 9.17) is 4.74 Å². The molecule has 3 rings (SSSR count). The number of nitrogens with zero attached hydrogens (tertiary/aromatic N) is 4.